The maximum Gasteiger partial charge on any atom is 0.345 e. The maximum absolute atomic E-state index is 13.3. The molecule has 28 heavy (non-hydrogen) atoms. The molecule has 0 spiro atoms. The first-order chi connectivity index (χ1) is 13.6. The number of nitrogen functional groups attached to an aromatic ring is 1. The summed E-state index contributed by atoms with van der Waals surface area (Å²) in [6.45, 7) is 0. The van der Waals surface area contributed by atoms with Crippen molar-refractivity contribution in [1.82, 2.24) is 14.5 Å². The molecule has 0 atom stereocenters. The Balaban J connectivity index is 2.23. The van der Waals surface area contributed by atoms with Crippen LogP contribution in [-0.2, 0) is 4.74 Å². The Morgan fingerprint density at radius 2 is 1.93 bits per heavy atom. The molecule has 2 N–H and O–H groups in total. The van der Waals surface area contributed by atoms with Gasteiger partial charge in [-0.1, -0.05) is 12.1 Å². The Morgan fingerprint density at radius 1 is 1.11 bits per heavy atom. The van der Waals surface area contributed by atoms with Crippen LogP contribution in [0, 0.1) is 0 Å². The molecule has 0 bridgehead atoms. The zero-order chi connectivity index (χ0) is 19.8. The molecule has 0 fully saturated rings. The Morgan fingerprint density at radius 3 is 2.68 bits per heavy atom. The molecule has 0 saturated carbocycles. The van der Waals surface area contributed by atoms with Gasteiger partial charge in [0.15, 0.2) is 5.65 Å². The Hall–Kier alpha value is -3.94. The number of aromatic nitrogens is 3. The molecule has 3 heterocycles. The van der Waals surface area contributed by atoms with E-state index in [9.17, 15) is 9.59 Å². The molecule has 8 nitrogen and oxygen atoms in total. The number of carbonyl (C=O) groups excluding carboxylic acids is 1. The van der Waals surface area contributed by atoms with Gasteiger partial charge in [0.25, 0.3) is 5.56 Å². The van der Waals surface area contributed by atoms with E-state index in [4.69, 9.17) is 15.2 Å². The predicted molar refractivity (Wildman–Crippen MR) is 105 cm³/mol. The topological polar surface area (TPSA) is 109 Å². The van der Waals surface area contributed by atoms with Gasteiger partial charge in [0, 0.05) is 34.6 Å². The van der Waals surface area contributed by atoms with Crippen LogP contribution >= 0.6 is 0 Å². The minimum Gasteiger partial charge on any atom is -0.481 e. The smallest absolute Gasteiger partial charge is 0.345 e. The molecule has 0 amide bonds. The summed E-state index contributed by atoms with van der Waals surface area (Å²) in [6.07, 6.45) is 3.32. The Kier molecular flexibility index (Phi) is 4.15. The van der Waals surface area contributed by atoms with Crippen molar-refractivity contribution < 1.29 is 14.3 Å². The van der Waals surface area contributed by atoms with Crippen LogP contribution in [0.5, 0.6) is 5.88 Å². The van der Waals surface area contributed by atoms with Gasteiger partial charge in [-0.05, 0) is 18.2 Å². The van der Waals surface area contributed by atoms with E-state index in [0.717, 1.165) is 10.8 Å². The van der Waals surface area contributed by atoms with E-state index in [1.165, 1.54) is 18.8 Å². The van der Waals surface area contributed by atoms with Gasteiger partial charge in [-0.3, -0.25) is 14.3 Å². The van der Waals surface area contributed by atoms with Crippen molar-refractivity contribution in [2.45, 2.75) is 0 Å². The van der Waals surface area contributed by atoms with Gasteiger partial charge >= 0.3 is 5.97 Å². The summed E-state index contributed by atoms with van der Waals surface area (Å²) in [4.78, 5) is 34.2. The lowest BCUT2D eigenvalue weighted by atomic mass is 10.1. The number of pyridine rings is 3. The highest BCUT2D eigenvalue weighted by Gasteiger charge is 2.24. The third kappa shape index (κ3) is 2.54. The van der Waals surface area contributed by atoms with E-state index in [-0.39, 0.29) is 16.9 Å². The number of esters is 1. The van der Waals surface area contributed by atoms with Crippen LogP contribution in [0.2, 0.25) is 0 Å². The first-order valence-electron chi connectivity index (χ1n) is 8.37. The van der Waals surface area contributed by atoms with Gasteiger partial charge in [0.05, 0.1) is 25.6 Å². The van der Waals surface area contributed by atoms with Crippen molar-refractivity contribution in [3.8, 4) is 11.6 Å². The fraction of sp³-hybridized carbons (Fsp3) is 0.100. The standard InChI is InChI=1S/C20H16N4O4/c1-27-15-7-6-13-17(21)16(20(26)28-2)19(25)24(18(13)23-15)14-5-3-4-11-10-22-9-8-12(11)14/h3-10H,21H2,1-2H3. The van der Waals surface area contributed by atoms with Gasteiger partial charge in [-0.15, -0.1) is 0 Å². The lowest BCUT2D eigenvalue weighted by Crippen LogP contribution is -2.28. The molecule has 0 saturated heterocycles. The normalized spacial score (nSPS) is 10.9. The molecule has 0 aliphatic rings. The third-order valence-corrected chi connectivity index (χ3v) is 4.54. The lowest BCUT2D eigenvalue weighted by Gasteiger charge is -2.16. The Labute approximate surface area is 159 Å². The highest BCUT2D eigenvalue weighted by Crippen LogP contribution is 2.28. The Bertz CT molecular complexity index is 1290. The number of methoxy groups -OCH3 is 2. The number of anilines is 1. The van der Waals surface area contributed by atoms with Crippen LogP contribution in [0.15, 0.2) is 53.6 Å². The number of hydrogen-bond acceptors (Lipinski definition) is 7. The molecule has 140 valence electrons. The fourth-order valence-electron chi connectivity index (χ4n) is 3.21. The molecule has 3 aromatic heterocycles. The summed E-state index contributed by atoms with van der Waals surface area (Å²) >= 11 is 0. The van der Waals surface area contributed by atoms with E-state index in [1.54, 1.807) is 42.7 Å². The van der Waals surface area contributed by atoms with Crippen molar-refractivity contribution in [1.29, 1.82) is 0 Å². The second-order valence-electron chi connectivity index (χ2n) is 6.02. The van der Waals surface area contributed by atoms with Crippen molar-refractivity contribution in [3.63, 3.8) is 0 Å². The number of rotatable bonds is 3. The summed E-state index contributed by atoms with van der Waals surface area (Å²) in [5.41, 5.74) is 6.11. The van der Waals surface area contributed by atoms with Gasteiger partial charge < -0.3 is 15.2 Å². The average Bonchev–Trinajstić information content (AvgIpc) is 2.73. The van der Waals surface area contributed by atoms with E-state index in [2.05, 4.69) is 9.97 Å². The van der Waals surface area contributed by atoms with Crippen LogP contribution in [0.4, 0.5) is 5.69 Å². The summed E-state index contributed by atoms with van der Waals surface area (Å²) in [5, 5.41) is 2.04. The minimum atomic E-state index is -0.809. The molecule has 0 unspecified atom stereocenters. The van der Waals surface area contributed by atoms with Crippen LogP contribution in [-0.4, -0.2) is 34.7 Å². The predicted octanol–water partition coefficient (Wildman–Crippen LogP) is 2.31. The minimum absolute atomic E-state index is 0.0140. The van der Waals surface area contributed by atoms with E-state index in [0.29, 0.717) is 17.0 Å². The molecular weight excluding hydrogens is 360 g/mol. The molecule has 8 heteroatoms. The second-order valence-corrected chi connectivity index (χ2v) is 6.02. The number of fused-ring (bicyclic) bond motifs is 2. The highest BCUT2D eigenvalue weighted by molar-refractivity contribution is 6.04. The monoisotopic (exact) mass is 376 g/mol. The maximum atomic E-state index is 13.3. The summed E-state index contributed by atoms with van der Waals surface area (Å²) < 4.78 is 11.3. The molecule has 4 aromatic rings. The van der Waals surface area contributed by atoms with Crippen LogP contribution < -0.4 is 16.0 Å². The number of carbonyl (C=O) groups is 1. The third-order valence-electron chi connectivity index (χ3n) is 4.54. The summed E-state index contributed by atoms with van der Waals surface area (Å²) in [5.74, 6) is -0.497. The van der Waals surface area contributed by atoms with E-state index >= 15 is 0 Å². The van der Waals surface area contributed by atoms with Crippen molar-refractivity contribution >= 4 is 33.5 Å². The zero-order valence-electron chi connectivity index (χ0n) is 15.2. The molecule has 4 rings (SSSR count). The number of nitrogens with zero attached hydrogens (tertiary/aromatic N) is 3. The quantitative estimate of drug-likeness (QED) is 0.546. The molecular formula is C20H16N4O4. The fourth-order valence-corrected chi connectivity index (χ4v) is 3.21. The largest absolute Gasteiger partial charge is 0.481 e. The molecule has 0 aliphatic carbocycles. The molecule has 0 aliphatic heterocycles. The van der Waals surface area contributed by atoms with Crippen molar-refractivity contribution in [2.24, 2.45) is 0 Å². The number of nitrogens with two attached hydrogens (primary N) is 1. The van der Waals surface area contributed by atoms with Gasteiger partial charge in [0.1, 0.15) is 5.56 Å². The van der Waals surface area contributed by atoms with Gasteiger partial charge in [-0.25, -0.2) is 4.79 Å². The first-order valence-corrected chi connectivity index (χ1v) is 8.37. The number of hydrogen-bond donors (Lipinski definition) is 1. The molecule has 0 radical (unpaired) electrons. The first kappa shape index (κ1) is 17.5. The van der Waals surface area contributed by atoms with E-state index in [1.807, 2.05) is 6.07 Å². The van der Waals surface area contributed by atoms with Crippen LogP contribution in [0.3, 0.4) is 0 Å². The SMILES string of the molecule is COC(=O)c1c(N)c2ccc(OC)nc2n(-c2cccc3cnccc23)c1=O. The molecule has 1 aromatic carbocycles. The lowest BCUT2D eigenvalue weighted by molar-refractivity contribution is 0.0600. The number of ether oxygens (including phenoxy) is 2. The van der Waals surface area contributed by atoms with Crippen molar-refractivity contribution in [2.75, 3.05) is 20.0 Å². The number of benzene rings is 1. The second kappa shape index (κ2) is 6.66. The zero-order valence-corrected chi connectivity index (χ0v) is 15.2. The average molecular weight is 376 g/mol. The van der Waals surface area contributed by atoms with Crippen molar-refractivity contribution in [3.05, 3.63) is 64.7 Å². The summed E-state index contributed by atoms with van der Waals surface area (Å²) in [7, 11) is 2.68. The summed E-state index contributed by atoms with van der Waals surface area (Å²) in [6, 6.07) is 10.5. The van der Waals surface area contributed by atoms with Gasteiger partial charge in [-0.2, -0.15) is 4.98 Å². The van der Waals surface area contributed by atoms with Crippen LogP contribution in [0.1, 0.15) is 10.4 Å². The van der Waals surface area contributed by atoms with E-state index < -0.39 is 11.5 Å². The van der Waals surface area contributed by atoms with Crippen LogP contribution in [0.25, 0.3) is 27.5 Å². The highest BCUT2D eigenvalue weighted by atomic mass is 16.5. The van der Waals surface area contributed by atoms with Gasteiger partial charge in [0.2, 0.25) is 5.88 Å².